The van der Waals surface area contributed by atoms with E-state index in [0.717, 1.165) is 23.4 Å². The molecule has 0 aliphatic carbocycles. The Balaban J connectivity index is 1.86. The third kappa shape index (κ3) is 3.02. The van der Waals surface area contributed by atoms with Crippen LogP contribution in [0.25, 0.3) is 0 Å². The number of benzene rings is 1. The second-order valence-electron chi connectivity index (χ2n) is 6.52. The summed E-state index contributed by atoms with van der Waals surface area (Å²) in [4.78, 5) is 12.0. The van der Waals surface area contributed by atoms with Gasteiger partial charge < -0.3 is 9.88 Å². The SMILES string of the molecule is Cc1cc(/C=N\N=C2/C(=O)Nc3ccccc32)c(C)n1CC(C)C. The molecule has 1 aromatic carbocycles. The summed E-state index contributed by atoms with van der Waals surface area (Å²) in [6, 6.07) is 9.60. The van der Waals surface area contributed by atoms with Crippen molar-refractivity contribution in [1.82, 2.24) is 4.57 Å². The van der Waals surface area contributed by atoms with Gasteiger partial charge in [-0.3, -0.25) is 4.79 Å². The monoisotopic (exact) mass is 322 g/mol. The maximum Gasteiger partial charge on any atom is 0.276 e. The third-order valence-electron chi connectivity index (χ3n) is 4.16. The van der Waals surface area contributed by atoms with Crippen LogP contribution in [0.5, 0.6) is 0 Å². The molecule has 0 saturated carbocycles. The summed E-state index contributed by atoms with van der Waals surface area (Å²) in [5.74, 6) is 0.372. The summed E-state index contributed by atoms with van der Waals surface area (Å²) >= 11 is 0. The molecule has 24 heavy (non-hydrogen) atoms. The van der Waals surface area contributed by atoms with E-state index in [4.69, 9.17) is 0 Å². The van der Waals surface area contributed by atoms with Gasteiger partial charge in [0.15, 0.2) is 5.71 Å². The van der Waals surface area contributed by atoms with Gasteiger partial charge in [-0.25, -0.2) is 0 Å². The van der Waals surface area contributed by atoms with E-state index < -0.39 is 0 Å². The Kier molecular flexibility index (Phi) is 4.34. The van der Waals surface area contributed by atoms with Crippen molar-refractivity contribution in [1.29, 1.82) is 0 Å². The highest BCUT2D eigenvalue weighted by atomic mass is 16.2. The maximum atomic E-state index is 12.0. The molecule has 0 atom stereocenters. The zero-order chi connectivity index (χ0) is 17.3. The number of rotatable bonds is 4. The Morgan fingerprint density at radius 1 is 1.25 bits per heavy atom. The lowest BCUT2D eigenvalue weighted by molar-refractivity contribution is -0.110. The number of hydrogen-bond acceptors (Lipinski definition) is 3. The van der Waals surface area contributed by atoms with Crippen LogP contribution in [0.15, 0.2) is 40.5 Å². The molecule has 5 heteroatoms. The van der Waals surface area contributed by atoms with E-state index in [2.05, 4.69) is 53.8 Å². The minimum Gasteiger partial charge on any atom is -0.348 e. The van der Waals surface area contributed by atoms with E-state index in [9.17, 15) is 4.79 Å². The highest BCUT2D eigenvalue weighted by Crippen LogP contribution is 2.22. The number of carbonyl (C=O) groups is 1. The van der Waals surface area contributed by atoms with Gasteiger partial charge in [-0.1, -0.05) is 32.0 Å². The fourth-order valence-electron chi connectivity index (χ4n) is 2.96. The van der Waals surface area contributed by atoms with Crippen LogP contribution in [0.2, 0.25) is 0 Å². The molecule has 1 amide bonds. The molecule has 0 spiro atoms. The van der Waals surface area contributed by atoms with Crippen LogP contribution in [0.1, 0.15) is 36.4 Å². The first kappa shape index (κ1) is 16.2. The number of anilines is 1. The molecular formula is C19H22N4O. The summed E-state index contributed by atoms with van der Waals surface area (Å²) < 4.78 is 2.29. The number of carbonyl (C=O) groups excluding carboxylic acids is 1. The summed E-state index contributed by atoms with van der Waals surface area (Å²) in [6.07, 6.45) is 1.72. The Morgan fingerprint density at radius 2 is 2.00 bits per heavy atom. The number of para-hydroxylation sites is 1. The predicted molar refractivity (Wildman–Crippen MR) is 97.9 cm³/mol. The van der Waals surface area contributed by atoms with E-state index in [-0.39, 0.29) is 5.91 Å². The van der Waals surface area contributed by atoms with Gasteiger partial charge in [-0.05, 0) is 31.9 Å². The van der Waals surface area contributed by atoms with Gasteiger partial charge in [0, 0.05) is 29.1 Å². The van der Waals surface area contributed by atoms with Crippen molar-refractivity contribution in [3.05, 3.63) is 52.8 Å². The van der Waals surface area contributed by atoms with Crippen molar-refractivity contribution in [2.24, 2.45) is 16.1 Å². The van der Waals surface area contributed by atoms with Crippen LogP contribution in [0, 0.1) is 19.8 Å². The van der Waals surface area contributed by atoms with Gasteiger partial charge >= 0.3 is 0 Å². The molecule has 1 aromatic heterocycles. The first-order valence-corrected chi connectivity index (χ1v) is 8.16. The number of nitrogens with one attached hydrogen (secondary N) is 1. The number of aryl methyl sites for hydroxylation is 1. The third-order valence-corrected chi connectivity index (χ3v) is 4.16. The number of hydrogen-bond donors (Lipinski definition) is 1. The van der Waals surface area contributed by atoms with Gasteiger partial charge in [0.05, 0.1) is 11.9 Å². The Morgan fingerprint density at radius 3 is 2.75 bits per heavy atom. The van der Waals surface area contributed by atoms with Crippen molar-refractivity contribution in [3.63, 3.8) is 0 Å². The maximum absolute atomic E-state index is 12.0. The molecule has 2 aromatic rings. The second-order valence-corrected chi connectivity index (χ2v) is 6.52. The Hall–Kier alpha value is -2.69. The molecule has 0 bridgehead atoms. The van der Waals surface area contributed by atoms with Gasteiger partial charge in [0.1, 0.15) is 0 Å². The average molecular weight is 322 g/mol. The standard InChI is InChI=1S/C19H22N4O/c1-12(2)11-23-13(3)9-15(14(23)4)10-20-22-18-16-7-5-6-8-17(16)21-19(18)24/h5-10,12H,11H2,1-4H3,(H,21,22,24)/b20-10-. The first-order valence-electron chi connectivity index (χ1n) is 8.16. The molecule has 0 fully saturated rings. The van der Waals surface area contributed by atoms with E-state index in [0.29, 0.717) is 11.6 Å². The molecule has 0 radical (unpaired) electrons. The zero-order valence-electron chi connectivity index (χ0n) is 14.5. The van der Waals surface area contributed by atoms with Crippen LogP contribution in [-0.4, -0.2) is 22.4 Å². The Bertz CT molecular complexity index is 843. The van der Waals surface area contributed by atoms with Gasteiger partial charge in [0.2, 0.25) is 0 Å². The lowest BCUT2D eigenvalue weighted by Gasteiger charge is -2.11. The fraction of sp³-hybridized carbons (Fsp3) is 0.316. The molecule has 0 saturated heterocycles. The minimum absolute atomic E-state index is 0.210. The minimum atomic E-state index is -0.210. The second kappa shape index (κ2) is 6.43. The van der Waals surface area contributed by atoms with Crippen molar-refractivity contribution in [2.75, 3.05) is 5.32 Å². The molecule has 2 heterocycles. The largest absolute Gasteiger partial charge is 0.348 e. The number of amides is 1. The topological polar surface area (TPSA) is 58.8 Å². The molecule has 1 N–H and O–H groups in total. The predicted octanol–water partition coefficient (Wildman–Crippen LogP) is 3.54. The van der Waals surface area contributed by atoms with E-state index in [1.54, 1.807) is 6.21 Å². The average Bonchev–Trinajstić information content (AvgIpc) is 2.99. The van der Waals surface area contributed by atoms with E-state index >= 15 is 0 Å². The molecule has 3 rings (SSSR count). The van der Waals surface area contributed by atoms with Gasteiger partial charge in [-0.15, -0.1) is 5.10 Å². The van der Waals surface area contributed by atoms with Crippen molar-refractivity contribution >= 4 is 23.5 Å². The number of aromatic nitrogens is 1. The summed E-state index contributed by atoms with van der Waals surface area (Å²) in [7, 11) is 0. The first-order chi connectivity index (χ1) is 11.5. The summed E-state index contributed by atoms with van der Waals surface area (Å²) in [5.41, 5.74) is 5.35. The van der Waals surface area contributed by atoms with Crippen LogP contribution >= 0.6 is 0 Å². The molecule has 1 aliphatic heterocycles. The Labute approximate surface area is 142 Å². The molecule has 124 valence electrons. The lowest BCUT2D eigenvalue weighted by Crippen LogP contribution is -2.13. The highest BCUT2D eigenvalue weighted by molar-refractivity contribution is 6.53. The van der Waals surface area contributed by atoms with Crippen LogP contribution in [0.4, 0.5) is 5.69 Å². The molecule has 0 unspecified atom stereocenters. The highest BCUT2D eigenvalue weighted by Gasteiger charge is 2.25. The lowest BCUT2D eigenvalue weighted by atomic mass is 10.1. The molecular weight excluding hydrogens is 300 g/mol. The quantitative estimate of drug-likeness (QED) is 0.679. The number of fused-ring (bicyclic) bond motifs is 1. The van der Waals surface area contributed by atoms with Crippen molar-refractivity contribution < 1.29 is 4.79 Å². The summed E-state index contributed by atoms with van der Waals surface area (Å²) in [5, 5.41) is 11.1. The fourth-order valence-corrected chi connectivity index (χ4v) is 2.96. The van der Waals surface area contributed by atoms with Crippen LogP contribution < -0.4 is 5.32 Å². The van der Waals surface area contributed by atoms with Gasteiger partial charge in [0.25, 0.3) is 5.91 Å². The smallest absolute Gasteiger partial charge is 0.276 e. The van der Waals surface area contributed by atoms with Crippen LogP contribution in [0.3, 0.4) is 0 Å². The van der Waals surface area contributed by atoms with E-state index in [1.165, 1.54) is 11.4 Å². The van der Waals surface area contributed by atoms with Gasteiger partial charge in [-0.2, -0.15) is 5.10 Å². The molecule has 1 aliphatic rings. The molecule has 5 nitrogen and oxygen atoms in total. The van der Waals surface area contributed by atoms with Crippen molar-refractivity contribution in [3.8, 4) is 0 Å². The summed E-state index contributed by atoms with van der Waals surface area (Å²) in [6.45, 7) is 9.57. The zero-order valence-corrected chi connectivity index (χ0v) is 14.5. The van der Waals surface area contributed by atoms with Crippen molar-refractivity contribution in [2.45, 2.75) is 34.2 Å². The number of nitrogens with zero attached hydrogens (tertiary/aromatic N) is 3. The van der Waals surface area contributed by atoms with E-state index in [1.807, 2.05) is 24.3 Å². The normalized spacial score (nSPS) is 15.5. The van der Waals surface area contributed by atoms with Crippen LogP contribution in [-0.2, 0) is 11.3 Å².